The number of fused-ring (bicyclic) bond motifs is 6. The van der Waals surface area contributed by atoms with Crippen LogP contribution < -0.4 is 0 Å². The summed E-state index contributed by atoms with van der Waals surface area (Å²) in [6, 6.07) is 24.2. The molecule has 0 amide bonds. The third-order valence-electron chi connectivity index (χ3n) is 6.66. The van der Waals surface area contributed by atoms with Crippen LogP contribution in [0.4, 0.5) is 0 Å². The molecule has 1 aromatic heterocycles. The number of benzene rings is 4. The topological polar surface area (TPSA) is 34.9 Å². The highest BCUT2D eigenvalue weighted by molar-refractivity contribution is 6.17. The zero-order valence-electron chi connectivity index (χ0n) is 16.7. The zero-order valence-corrected chi connectivity index (χ0v) is 16.7. The summed E-state index contributed by atoms with van der Waals surface area (Å²) in [5.41, 5.74) is 3.80. The molecule has 0 saturated heterocycles. The second-order valence-electron chi connectivity index (χ2n) is 8.37. The Morgan fingerprint density at radius 2 is 1.63 bits per heavy atom. The van der Waals surface area contributed by atoms with E-state index in [1.165, 1.54) is 49.1 Å². The molecule has 0 fully saturated rings. The van der Waals surface area contributed by atoms with Crippen LogP contribution in [-0.4, -0.2) is 16.1 Å². The van der Waals surface area contributed by atoms with Crippen molar-refractivity contribution in [3.8, 4) is 0 Å². The molecule has 146 valence electrons. The van der Waals surface area contributed by atoms with E-state index in [1.54, 1.807) is 0 Å². The molecule has 1 atom stereocenters. The molecule has 1 heterocycles. The van der Waals surface area contributed by atoms with Crippen molar-refractivity contribution < 1.29 is 4.79 Å². The predicted octanol–water partition coefficient (Wildman–Crippen LogP) is 5.69. The van der Waals surface area contributed by atoms with E-state index in [0.29, 0.717) is 0 Å². The van der Waals surface area contributed by atoms with Gasteiger partial charge in [0, 0.05) is 11.6 Å². The van der Waals surface area contributed by atoms with Crippen molar-refractivity contribution in [2.45, 2.75) is 25.8 Å². The Balaban J connectivity index is 1.47. The fourth-order valence-electron chi connectivity index (χ4n) is 5.09. The van der Waals surface area contributed by atoms with E-state index in [4.69, 9.17) is 0 Å². The van der Waals surface area contributed by atoms with Crippen molar-refractivity contribution in [2.24, 2.45) is 5.92 Å². The Kier molecular flexibility index (Phi) is 3.95. The molecule has 1 aliphatic rings. The first-order valence-electron chi connectivity index (χ1n) is 10.6. The molecule has 0 bridgehead atoms. The first-order valence-corrected chi connectivity index (χ1v) is 10.6. The van der Waals surface area contributed by atoms with E-state index in [0.717, 1.165) is 32.1 Å². The van der Waals surface area contributed by atoms with E-state index in [2.05, 4.69) is 76.5 Å². The number of rotatable bonds is 3. The van der Waals surface area contributed by atoms with Gasteiger partial charge in [-0.3, -0.25) is 4.68 Å². The number of hydrogen-bond acceptors (Lipinski definition) is 2. The lowest BCUT2D eigenvalue weighted by Gasteiger charge is -2.19. The van der Waals surface area contributed by atoms with Crippen LogP contribution in [0.25, 0.3) is 32.3 Å². The fourth-order valence-corrected chi connectivity index (χ4v) is 5.09. The van der Waals surface area contributed by atoms with Gasteiger partial charge in [0.1, 0.15) is 6.29 Å². The molecule has 0 radical (unpaired) electrons. The summed E-state index contributed by atoms with van der Waals surface area (Å²) in [5.74, 6) is 0.147. The number of carbonyl (C=O) groups is 1. The quantitative estimate of drug-likeness (QED) is 0.293. The summed E-state index contributed by atoms with van der Waals surface area (Å²) in [6.07, 6.45) is 5.73. The van der Waals surface area contributed by atoms with Gasteiger partial charge in [0.15, 0.2) is 0 Å². The first-order chi connectivity index (χ1) is 14.8. The summed E-state index contributed by atoms with van der Waals surface area (Å²) in [4.78, 5) is 11.2. The minimum absolute atomic E-state index is 0.147. The Bertz CT molecular complexity index is 1430. The predicted molar refractivity (Wildman–Crippen MR) is 122 cm³/mol. The van der Waals surface area contributed by atoms with Gasteiger partial charge >= 0.3 is 0 Å². The van der Waals surface area contributed by atoms with Gasteiger partial charge in [-0.1, -0.05) is 66.7 Å². The van der Waals surface area contributed by atoms with Crippen LogP contribution >= 0.6 is 0 Å². The Hall–Kier alpha value is -3.46. The van der Waals surface area contributed by atoms with Gasteiger partial charge in [-0.25, -0.2) is 0 Å². The van der Waals surface area contributed by atoms with Crippen LogP contribution in [-0.2, 0) is 24.2 Å². The maximum absolute atomic E-state index is 11.2. The van der Waals surface area contributed by atoms with E-state index in [1.807, 2.05) is 6.20 Å². The minimum atomic E-state index is 0.147. The van der Waals surface area contributed by atoms with Crippen LogP contribution in [0.15, 0.2) is 72.9 Å². The largest absolute Gasteiger partial charge is 0.303 e. The van der Waals surface area contributed by atoms with Crippen molar-refractivity contribution in [1.29, 1.82) is 0 Å². The third kappa shape index (κ3) is 2.66. The molecule has 0 aliphatic heterocycles. The Morgan fingerprint density at radius 1 is 0.867 bits per heavy atom. The molecule has 3 heteroatoms. The highest BCUT2D eigenvalue weighted by Gasteiger charge is 2.22. The number of carbonyl (C=O) groups excluding carboxylic acids is 1. The molecule has 30 heavy (non-hydrogen) atoms. The molecule has 5 aromatic rings. The van der Waals surface area contributed by atoms with Crippen LogP contribution in [0, 0.1) is 5.92 Å². The van der Waals surface area contributed by atoms with Crippen molar-refractivity contribution in [3.05, 3.63) is 89.7 Å². The van der Waals surface area contributed by atoms with Crippen molar-refractivity contribution >= 4 is 38.6 Å². The Labute approximate surface area is 174 Å². The smallest absolute Gasteiger partial charge is 0.123 e. The summed E-state index contributed by atoms with van der Waals surface area (Å²) in [6.45, 7) is 0.761. The van der Waals surface area contributed by atoms with Gasteiger partial charge in [0.05, 0.1) is 12.7 Å². The lowest BCUT2D eigenvalue weighted by molar-refractivity contribution is -0.111. The van der Waals surface area contributed by atoms with Gasteiger partial charge < -0.3 is 4.79 Å². The highest BCUT2D eigenvalue weighted by Crippen LogP contribution is 2.33. The molecule has 1 aliphatic carbocycles. The lowest BCUT2D eigenvalue weighted by Crippen LogP contribution is -2.17. The van der Waals surface area contributed by atoms with Crippen molar-refractivity contribution in [1.82, 2.24) is 9.78 Å². The molecule has 0 N–H and O–H groups in total. The van der Waals surface area contributed by atoms with Gasteiger partial charge in [-0.2, -0.15) is 5.10 Å². The zero-order chi connectivity index (χ0) is 20.1. The van der Waals surface area contributed by atoms with Crippen molar-refractivity contribution in [3.63, 3.8) is 0 Å². The van der Waals surface area contributed by atoms with E-state index < -0.39 is 0 Å². The number of hydrogen-bond donors (Lipinski definition) is 0. The highest BCUT2D eigenvalue weighted by atomic mass is 16.1. The third-order valence-corrected chi connectivity index (χ3v) is 6.66. The molecule has 1 unspecified atom stereocenters. The second kappa shape index (κ2) is 6.81. The fraction of sp³-hybridized carbons (Fsp3) is 0.185. The lowest BCUT2D eigenvalue weighted by atomic mass is 9.89. The van der Waals surface area contributed by atoms with E-state index in [-0.39, 0.29) is 5.92 Å². The first kappa shape index (κ1) is 17.4. The maximum Gasteiger partial charge on any atom is 0.123 e. The summed E-state index contributed by atoms with van der Waals surface area (Å²) in [5, 5.41) is 12.4. The molecule has 6 rings (SSSR count). The van der Waals surface area contributed by atoms with E-state index in [9.17, 15) is 4.79 Å². The number of aldehydes is 1. The van der Waals surface area contributed by atoms with Gasteiger partial charge in [0.25, 0.3) is 0 Å². The van der Waals surface area contributed by atoms with Crippen LogP contribution in [0.5, 0.6) is 0 Å². The van der Waals surface area contributed by atoms with E-state index >= 15 is 0 Å². The molecule has 3 nitrogen and oxygen atoms in total. The molecule has 4 aromatic carbocycles. The average molecular weight is 390 g/mol. The standard InChI is InChI=1S/C27H22N2O/c30-17-18-8-13-27-21(14-18)15-28-29(27)16-20-5-3-7-24-23(20)11-12-25-22-6-2-1-4-19(22)9-10-26(24)25/h1-7,9-12,15,17-18H,8,13-14,16H2. The summed E-state index contributed by atoms with van der Waals surface area (Å²) < 4.78 is 2.13. The van der Waals surface area contributed by atoms with Crippen LogP contribution in [0.3, 0.4) is 0 Å². The van der Waals surface area contributed by atoms with Gasteiger partial charge in [-0.05, 0) is 62.7 Å². The molecular formula is C27H22N2O. The minimum Gasteiger partial charge on any atom is -0.303 e. The normalized spacial score (nSPS) is 16.2. The number of aromatic nitrogens is 2. The van der Waals surface area contributed by atoms with Gasteiger partial charge in [-0.15, -0.1) is 0 Å². The second-order valence-corrected chi connectivity index (χ2v) is 8.37. The molecule has 0 spiro atoms. The average Bonchev–Trinajstić information content (AvgIpc) is 3.20. The maximum atomic E-state index is 11.2. The summed E-state index contributed by atoms with van der Waals surface area (Å²) in [7, 11) is 0. The summed E-state index contributed by atoms with van der Waals surface area (Å²) >= 11 is 0. The van der Waals surface area contributed by atoms with Gasteiger partial charge in [0.2, 0.25) is 0 Å². The van der Waals surface area contributed by atoms with Crippen molar-refractivity contribution in [2.75, 3.05) is 0 Å². The SMILES string of the molecule is O=CC1CCc2c(cnn2Cc2cccc3c2ccc2c4ccccc4ccc32)C1. The molecule has 0 saturated carbocycles. The monoisotopic (exact) mass is 390 g/mol. The number of nitrogens with zero attached hydrogens (tertiary/aromatic N) is 2. The van der Waals surface area contributed by atoms with Crippen LogP contribution in [0.1, 0.15) is 23.2 Å². The van der Waals surface area contributed by atoms with Crippen LogP contribution in [0.2, 0.25) is 0 Å². The Morgan fingerprint density at radius 3 is 2.57 bits per heavy atom. The molecular weight excluding hydrogens is 368 g/mol.